The van der Waals surface area contributed by atoms with E-state index in [1.807, 2.05) is 24.3 Å². The number of ether oxygens (including phenoxy) is 2. The predicted octanol–water partition coefficient (Wildman–Crippen LogP) is 4.15. The van der Waals surface area contributed by atoms with Crippen LogP contribution < -0.4 is 10.1 Å². The minimum Gasteiger partial charge on any atom is -0.456 e. The number of halogens is 1. The fourth-order valence-electron chi connectivity index (χ4n) is 2.44. The van der Waals surface area contributed by atoms with E-state index in [1.54, 1.807) is 24.3 Å². The Morgan fingerprint density at radius 1 is 1.09 bits per heavy atom. The van der Waals surface area contributed by atoms with E-state index < -0.39 is 0 Å². The maximum atomic E-state index is 12.2. The van der Waals surface area contributed by atoms with Gasteiger partial charge in [0.2, 0.25) is 0 Å². The highest BCUT2D eigenvalue weighted by Gasteiger charge is 2.17. The van der Waals surface area contributed by atoms with Crippen molar-refractivity contribution in [1.82, 2.24) is 5.32 Å². The average molecular weight is 376 g/mol. The maximum Gasteiger partial charge on any atom is 0.251 e. The summed E-state index contributed by atoms with van der Waals surface area (Å²) in [5.74, 6) is 1.38. The van der Waals surface area contributed by atoms with E-state index in [2.05, 4.69) is 21.2 Å². The second kappa shape index (κ2) is 7.62. The van der Waals surface area contributed by atoms with Crippen LogP contribution in [0.4, 0.5) is 0 Å². The van der Waals surface area contributed by atoms with Crippen molar-refractivity contribution < 1.29 is 14.3 Å². The molecule has 2 aromatic rings. The lowest BCUT2D eigenvalue weighted by molar-refractivity contribution is 0.0696. The van der Waals surface area contributed by atoms with Crippen molar-refractivity contribution in [3.05, 3.63) is 58.6 Å². The third kappa shape index (κ3) is 4.33. The van der Waals surface area contributed by atoms with Gasteiger partial charge < -0.3 is 14.8 Å². The molecule has 1 aliphatic heterocycles. The molecule has 0 aromatic heterocycles. The molecule has 5 heteroatoms. The lowest BCUT2D eigenvalue weighted by atomic mass is 10.1. The average Bonchev–Trinajstić information content (AvgIpc) is 2.58. The molecule has 0 radical (unpaired) electrons. The van der Waals surface area contributed by atoms with Gasteiger partial charge in [-0.1, -0.05) is 12.1 Å². The molecule has 0 spiro atoms. The van der Waals surface area contributed by atoms with Crippen LogP contribution in [0.2, 0.25) is 0 Å². The third-order valence-electron chi connectivity index (χ3n) is 3.74. The molecule has 4 nitrogen and oxygen atoms in total. The molecule has 1 amide bonds. The largest absolute Gasteiger partial charge is 0.456 e. The molecule has 1 fully saturated rings. The summed E-state index contributed by atoms with van der Waals surface area (Å²) in [4.78, 5) is 12.2. The SMILES string of the molecule is O=C(NC1CCOCC1)c1ccc(Oc2ccccc2Br)cc1. The van der Waals surface area contributed by atoms with Crippen LogP contribution in [0.25, 0.3) is 0 Å². The van der Waals surface area contributed by atoms with E-state index in [0.717, 1.165) is 23.1 Å². The van der Waals surface area contributed by atoms with Crippen molar-refractivity contribution >= 4 is 21.8 Å². The molecular weight excluding hydrogens is 358 g/mol. The van der Waals surface area contributed by atoms with Gasteiger partial charge in [-0.25, -0.2) is 0 Å². The molecule has 2 aromatic carbocycles. The molecule has 0 atom stereocenters. The Balaban J connectivity index is 1.62. The number of hydrogen-bond donors (Lipinski definition) is 1. The minimum atomic E-state index is -0.0515. The van der Waals surface area contributed by atoms with Gasteiger partial charge >= 0.3 is 0 Å². The van der Waals surface area contributed by atoms with Gasteiger partial charge in [0.25, 0.3) is 5.91 Å². The first-order valence-corrected chi connectivity index (χ1v) is 8.43. The Bertz CT molecular complexity index is 666. The Hall–Kier alpha value is -1.85. The van der Waals surface area contributed by atoms with Crippen LogP contribution in [0.3, 0.4) is 0 Å². The van der Waals surface area contributed by atoms with Gasteiger partial charge in [0.1, 0.15) is 11.5 Å². The van der Waals surface area contributed by atoms with Gasteiger partial charge in [0, 0.05) is 24.8 Å². The van der Waals surface area contributed by atoms with E-state index in [4.69, 9.17) is 9.47 Å². The van der Waals surface area contributed by atoms with Gasteiger partial charge in [-0.2, -0.15) is 0 Å². The smallest absolute Gasteiger partial charge is 0.251 e. The van der Waals surface area contributed by atoms with E-state index in [0.29, 0.717) is 24.5 Å². The first-order chi connectivity index (χ1) is 11.2. The van der Waals surface area contributed by atoms with Crippen molar-refractivity contribution in [3.8, 4) is 11.5 Å². The van der Waals surface area contributed by atoms with Crippen LogP contribution in [-0.2, 0) is 4.74 Å². The molecule has 3 rings (SSSR count). The summed E-state index contributed by atoms with van der Waals surface area (Å²) < 4.78 is 12.0. The molecule has 23 heavy (non-hydrogen) atoms. The Labute approximate surface area is 143 Å². The Kier molecular flexibility index (Phi) is 5.31. The first kappa shape index (κ1) is 16.0. The molecular formula is C18H18BrNO3. The van der Waals surface area contributed by atoms with Crippen LogP contribution in [0.1, 0.15) is 23.2 Å². The summed E-state index contributed by atoms with van der Waals surface area (Å²) in [7, 11) is 0. The van der Waals surface area contributed by atoms with Gasteiger partial charge in [0.05, 0.1) is 4.47 Å². The molecule has 1 N–H and O–H groups in total. The summed E-state index contributed by atoms with van der Waals surface area (Å²) in [6.07, 6.45) is 1.74. The molecule has 1 heterocycles. The lowest BCUT2D eigenvalue weighted by Crippen LogP contribution is -2.38. The lowest BCUT2D eigenvalue weighted by Gasteiger charge is -2.23. The summed E-state index contributed by atoms with van der Waals surface area (Å²) >= 11 is 3.45. The number of benzene rings is 2. The summed E-state index contributed by atoms with van der Waals surface area (Å²) in [5, 5.41) is 3.05. The maximum absolute atomic E-state index is 12.2. The van der Waals surface area contributed by atoms with E-state index in [1.165, 1.54) is 0 Å². The zero-order valence-electron chi connectivity index (χ0n) is 12.6. The molecule has 0 aliphatic carbocycles. The fourth-order valence-corrected chi connectivity index (χ4v) is 2.81. The fraction of sp³-hybridized carbons (Fsp3) is 0.278. The highest BCUT2D eigenvalue weighted by molar-refractivity contribution is 9.10. The molecule has 1 aliphatic rings. The number of carbonyl (C=O) groups is 1. The van der Waals surface area contributed by atoms with Crippen LogP contribution in [0, 0.1) is 0 Å². The van der Waals surface area contributed by atoms with E-state index in [-0.39, 0.29) is 11.9 Å². The first-order valence-electron chi connectivity index (χ1n) is 7.63. The molecule has 1 saturated heterocycles. The Morgan fingerprint density at radius 3 is 2.48 bits per heavy atom. The molecule has 0 saturated carbocycles. The van der Waals surface area contributed by atoms with Crippen LogP contribution in [0.15, 0.2) is 53.0 Å². The number of rotatable bonds is 4. The van der Waals surface area contributed by atoms with Crippen LogP contribution in [-0.4, -0.2) is 25.2 Å². The normalized spacial score (nSPS) is 15.2. The predicted molar refractivity (Wildman–Crippen MR) is 92.0 cm³/mol. The number of carbonyl (C=O) groups excluding carboxylic acids is 1. The molecule has 0 unspecified atom stereocenters. The third-order valence-corrected chi connectivity index (χ3v) is 4.39. The minimum absolute atomic E-state index is 0.0515. The second-order valence-electron chi connectivity index (χ2n) is 5.42. The van der Waals surface area contributed by atoms with Crippen LogP contribution in [0.5, 0.6) is 11.5 Å². The monoisotopic (exact) mass is 375 g/mol. The van der Waals surface area contributed by atoms with E-state index >= 15 is 0 Å². The zero-order valence-corrected chi connectivity index (χ0v) is 14.2. The highest BCUT2D eigenvalue weighted by atomic mass is 79.9. The zero-order chi connectivity index (χ0) is 16.1. The summed E-state index contributed by atoms with van der Waals surface area (Å²) in [6.45, 7) is 1.42. The topological polar surface area (TPSA) is 47.6 Å². The second-order valence-corrected chi connectivity index (χ2v) is 6.27. The number of amides is 1. The standard InChI is InChI=1S/C18H18BrNO3/c19-16-3-1-2-4-17(16)23-15-7-5-13(6-8-15)18(21)20-14-9-11-22-12-10-14/h1-8,14H,9-12H2,(H,20,21). The van der Waals surface area contributed by atoms with Gasteiger partial charge in [-0.3, -0.25) is 4.79 Å². The summed E-state index contributed by atoms with van der Waals surface area (Å²) in [5.41, 5.74) is 0.635. The highest BCUT2D eigenvalue weighted by Crippen LogP contribution is 2.29. The number of nitrogens with one attached hydrogen (secondary N) is 1. The van der Waals surface area contributed by atoms with Crippen molar-refractivity contribution in [1.29, 1.82) is 0 Å². The number of para-hydroxylation sites is 1. The summed E-state index contributed by atoms with van der Waals surface area (Å²) in [6, 6.07) is 15.0. The van der Waals surface area contributed by atoms with Crippen molar-refractivity contribution in [2.45, 2.75) is 18.9 Å². The van der Waals surface area contributed by atoms with E-state index in [9.17, 15) is 4.79 Å². The quantitative estimate of drug-likeness (QED) is 0.872. The van der Waals surface area contributed by atoms with Crippen LogP contribution >= 0.6 is 15.9 Å². The van der Waals surface area contributed by atoms with Crippen molar-refractivity contribution in [2.75, 3.05) is 13.2 Å². The number of hydrogen-bond acceptors (Lipinski definition) is 3. The molecule has 120 valence electrons. The molecule has 0 bridgehead atoms. The van der Waals surface area contributed by atoms with Gasteiger partial charge in [-0.05, 0) is 65.2 Å². The Morgan fingerprint density at radius 2 is 1.78 bits per heavy atom. The van der Waals surface area contributed by atoms with Gasteiger partial charge in [0.15, 0.2) is 0 Å². The van der Waals surface area contributed by atoms with Crippen molar-refractivity contribution in [3.63, 3.8) is 0 Å². The van der Waals surface area contributed by atoms with Gasteiger partial charge in [-0.15, -0.1) is 0 Å². The van der Waals surface area contributed by atoms with Crippen molar-refractivity contribution in [2.24, 2.45) is 0 Å².